The van der Waals surface area contributed by atoms with Gasteiger partial charge >= 0.3 is 6.03 Å². The summed E-state index contributed by atoms with van der Waals surface area (Å²) in [5.74, 6) is 1.02. The van der Waals surface area contributed by atoms with Gasteiger partial charge < -0.3 is 5.32 Å². The molecule has 2 heterocycles. The molecule has 1 amide bonds. The average molecular weight is 225 g/mol. The van der Waals surface area contributed by atoms with Crippen LogP contribution in [0.25, 0.3) is 0 Å². The molecule has 2 unspecified atom stereocenters. The topological polar surface area (TPSA) is 46.9 Å². The molecular formula is C10H15N3OS. The molecule has 0 aromatic carbocycles. The SMILES string of the molecule is CC1CCC(NC(=O)n2ccnc2)CS1. The van der Waals surface area contributed by atoms with E-state index in [0.717, 1.165) is 17.4 Å². The van der Waals surface area contributed by atoms with Crippen molar-refractivity contribution in [1.29, 1.82) is 0 Å². The van der Waals surface area contributed by atoms with Crippen LogP contribution in [0.5, 0.6) is 0 Å². The summed E-state index contributed by atoms with van der Waals surface area (Å²) in [4.78, 5) is 15.5. The molecule has 0 spiro atoms. The number of aromatic nitrogens is 2. The van der Waals surface area contributed by atoms with E-state index < -0.39 is 0 Å². The Kier molecular flexibility index (Phi) is 3.30. The number of carbonyl (C=O) groups is 1. The van der Waals surface area contributed by atoms with Gasteiger partial charge in [-0.1, -0.05) is 6.92 Å². The molecule has 1 saturated heterocycles. The summed E-state index contributed by atoms with van der Waals surface area (Å²) in [6.45, 7) is 2.23. The summed E-state index contributed by atoms with van der Waals surface area (Å²) in [5, 5.41) is 3.73. The zero-order chi connectivity index (χ0) is 10.7. The van der Waals surface area contributed by atoms with Crippen molar-refractivity contribution in [2.24, 2.45) is 0 Å². The zero-order valence-corrected chi connectivity index (χ0v) is 9.54. The summed E-state index contributed by atoms with van der Waals surface area (Å²) in [5.41, 5.74) is 0. The minimum Gasteiger partial charge on any atom is -0.334 e. The summed E-state index contributed by atoms with van der Waals surface area (Å²) >= 11 is 1.93. The van der Waals surface area contributed by atoms with Crippen molar-refractivity contribution < 1.29 is 4.79 Å². The number of hydrogen-bond acceptors (Lipinski definition) is 3. The fraction of sp³-hybridized carbons (Fsp3) is 0.600. The lowest BCUT2D eigenvalue weighted by atomic mass is 10.1. The highest BCUT2D eigenvalue weighted by Crippen LogP contribution is 2.24. The van der Waals surface area contributed by atoms with Gasteiger partial charge in [-0.25, -0.2) is 9.78 Å². The van der Waals surface area contributed by atoms with E-state index in [1.54, 1.807) is 12.4 Å². The fourth-order valence-corrected chi connectivity index (χ4v) is 2.74. The van der Waals surface area contributed by atoms with Gasteiger partial charge in [0.1, 0.15) is 6.33 Å². The largest absolute Gasteiger partial charge is 0.334 e. The van der Waals surface area contributed by atoms with Gasteiger partial charge in [0.2, 0.25) is 0 Å². The van der Waals surface area contributed by atoms with Crippen LogP contribution in [-0.2, 0) is 0 Å². The minimum atomic E-state index is -0.0762. The molecule has 1 aliphatic rings. The summed E-state index contributed by atoms with van der Waals surface area (Å²) in [6.07, 6.45) is 7.05. The standard InChI is InChI=1S/C10H15N3OS/c1-8-2-3-9(6-15-8)12-10(14)13-5-4-11-7-13/h4-5,7-9H,2-3,6H2,1H3,(H,12,14). The summed E-state index contributed by atoms with van der Waals surface area (Å²) in [6, 6.07) is 0.230. The highest BCUT2D eigenvalue weighted by atomic mass is 32.2. The van der Waals surface area contributed by atoms with Crippen molar-refractivity contribution >= 4 is 17.8 Å². The minimum absolute atomic E-state index is 0.0762. The Balaban J connectivity index is 1.85. The average Bonchev–Trinajstić information content (AvgIpc) is 2.74. The fourth-order valence-electron chi connectivity index (χ4n) is 1.63. The normalized spacial score (nSPS) is 26.2. The monoisotopic (exact) mass is 225 g/mol. The molecule has 1 N–H and O–H groups in total. The molecule has 0 aliphatic carbocycles. The molecule has 0 radical (unpaired) electrons. The predicted molar refractivity (Wildman–Crippen MR) is 61.1 cm³/mol. The zero-order valence-electron chi connectivity index (χ0n) is 8.72. The third-order valence-corrected chi connectivity index (χ3v) is 3.97. The molecule has 0 saturated carbocycles. The Labute approximate surface area is 93.5 Å². The lowest BCUT2D eigenvalue weighted by molar-refractivity contribution is 0.238. The van der Waals surface area contributed by atoms with Gasteiger partial charge in [-0.05, 0) is 12.8 Å². The number of nitrogens with zero attached hydrogens (tertiary/aromatic N) is 2. The Bertz CT molecular complexity index is 317. The van der Waals surface area contributed by atoms with E-state index in [2.05, 4.69) is 17.2 Å². The van der Waals surface area contributed by atoms with Crippen LogP contribution in [0.15, 0.2) is 18.7 Å². The number of rotatable bonds is 1. The van der Waals surface area contributed by atoms with E-state index >= 15 is 0 Å². The smallest absolute Gasteiger partial charge is 0.327 e. The third-order valence-electron chi connectivity index (χ3n) is 2.57. The van der Waals surface area contributed by atoms with Crippen molar-refractivity contribution in [2.75, 3.05) is 5.75 Å². The van der Waals surface area contributed by atoms with Crippen LogP contribution in [0.3, 0.4) is 0 Å². The van der Waals surface area contributed by atoms with Gasteiger partial charge in [0.25, 0.3) is 0 Å². The third kappa shape index (κ3) is 2.75. The molecule has 5 heteroatoms. The predicted octanol–water partition coefficient (Wildman–Crippen LogP) is 1.72. The van der Waals surface area contributed by atoms with Gasteiger partial charge in [-0.3, -0.25) is 4.57 Å². The van der Waals surface area contributed by atoms with Crippen LogP contribution >= 0.6 is 11.8 Å². The Morgan fingerprint density at radius 2 is 2.47 bits per heavy atom. The first-order chi connectivity index (χ1) is 7.25. The quantitative estimate of drug-likeness (QED) is 0.791. The number of thioether (sulfide) groups is 1. The maximum atomic E-state index is 11.7. The first kappa shape index (κ1) is 10.5. The molecule has 1 fully saturated rings. The van der Waals surface area contributed by atoms with E-state index in [-0.39, 0.29) is 6.03 Å². The molecule has 1 aromatic heterocycles. The number of hydrogen-bond donors (Lipinski definition) is 1. The van der Waals surface area contributed by atoms with Gasteiger partial charge in [0.15, 0.2) is 0 Å². The Morgan fingerprint density at radius 1 is 1.60 bits per heavy atom. The number of carbonyl (C=O) groups excluding carboxylic acids is 1. The summed E-state index contributed by atoms with van der Waals surface area (Å²) < 4.78 is 1.47. The van der Waals surface area contributed by atoms with Crippen LogP contribution in [0.4, 0.5) is 4.79 Å². The van der Waals surface area contributed by atoms with Crippen molar-refractivity contribution in [3.05, 3.63) is 18.7 Å². The Morgan fingerprint density at radius 3 is 3.07 bits per heavy atom. The van der Waals surface area contributed by atoms with E-state index in [4.69, 9.17) is 0 Å². The molecule has 0 bridgehead atoms. The van der Waals surface area contributed by atoms with Crippen LogP contribution in [0.1, 0.15) is 19.8 Å². The van der Waals surface area contributed by atoms with E-state index in [1.165, 1.54) is 17.3 Å². The lowest BCUT2D eigenvalue weighted by Gasteiger charge is -2.26. The first-order valence-electron chi connectivity index (χ1n) is 5.16. The lowest BCUT2D eigenvalue weighted by Crippen LogP contribution is -2.41. The van der Waals surface area contributed by atoms with E-state index in [9.17, 15) is 4.79 Å². The van der Waals surface area contributed by atoms with Crippen LogP contribution in [-0.4, -0.2) is 32.6 Å². The van der Waals surface area contributed by atoms with E-state index in [0.29, 0.717) is 6.04 Å². The second-order valence-electron chi connectivity index (χ2n) is 3.84. The molecular weight excluding hydrogens is 210 g/mol. The molecule has 2 rings (SSSR count). The highest BCUT2D eigenvalue weighted by Gasteiger charge is 2.20. The molecule has 15 heavy (non-hydrogen) atoms. The van der Waals surface area contributed by atoms with E-state index in [1.807, 2.05) is 11.8 Å². The second kappa shape index (κ2) is 4.70. The van der Waals surface area contributed by atoms with Crippen molar-refractivity contribution in [2.45, 2.75) is 31.1 Å². The Hall–Kier alpha value is -0.970. The van der Waals surface area contributed by atoms with Crippen LogP contribution in [0.2, 0.25) is 0 Å². The van der Waals surface area contributed by atoms with Crippen LogP contribution in [0, 0.1) is 0 Å². The van der Waals surface area contributed by atoms with Crippen molar-refractivity contribution in [3.63, 3.8) is 0 Å². The van der Waals surface area contributed by atoms with Crippen molar-refractivity contribution in [1.82, 2.24) is 14.9 Å². The maximum absolute atomic E-state index is 11.7. The number of amides is 1. The number of nitrogens with one attached hydrogen (secondary N) is 1. The van der Waals surface area contributed by atoms with Gasteiger partial charge in [-0.15, -0.1) is 0 Å². The molecule has 1 aliphatic heterocycles. The molecule has 1 aromatic rings. The maximum Gasteiger partial charge on any atom is 0.327 e. The number of imidazole rings is 1. The molecule has 4 nitrogen and oxygen atoms in total. The van der Waals surface area contributed by atoms with Gasteiger partial charge in [-0.2, -0.15) is 11.8 Å². The van der Waals surface area contributed by atoms with Gasteiger partial charge in [0.05, 0.1) is 0 Å². The first-order valence-corrected chi connectivity index (χ1v) is 6.21. The molecule has 2 atom stereocenters. The highest BCUT2D eigenvalue weighted by molar-refractivity contribution is 7.99. The van der Waals surface area contributed by atoms with Gasteiger partial charge in [0, 0.05) is 29.4 Å². The molecule has 82 valence electrons. The summed E-state index contributed by atoms with van der Waals surface area (Å²) in [7, 11) is 0. The second-order valence-corrected chi connectivity index (χ2v) is 5.31. The van der Waals surface area contributed by atoms with Crippen molar-refractivity contribution in [3.8, 4) is 0 Å². The van der Waals surface area contributed by atoms with Crippen LogP contribution < -0.4 is 5.32 Å².